The Morgan fingerprint density at radius 2 is 2.11 bits per heavy atom. The number of hydrogen-bond donors (Lipinski definition) is 1. The number of esters is 1. The number of fused-ring (bicyclic) bond motifs is 1. The number of aliphatic carboxylic acids is 1. The van der Waals surface area contributed by atoms with Crippen molar-refractivity contribution in [1.82, 2.24) is 4.31 Å². The molecule has 2 aliphatic rings. The zero-order valence-electron chi connectivity index (χ0n) is 14.5. The Kier molecular flexibility index (Phi) is 4.68. The van der Waals surface area contributed by atoms with Crippen LogP contribution in [0.3, 0.4) is 0 Å². The maximum absolute atomic E-state index is 13.1. The first-order chi connectivity index (χ1) is 12.6. The van der Waals surface area contributed by atoms with Crippen LogP contribution in [-0.4, -0.2) is 54.9 Å². The summed E-state index contributed by atoms with van der Waals surface area (Å²) < 4.78 is 31.8. The molecule has 2 atom stereocenters. The van der Waals surface area contributed by atoms with Gasteiger partial charge in [-0.3, -0.25) is 14.9 Å². The molecule has 146 valence electrons. The van der Waals surface area contributed by atoms with Crippen molar-refractivity contribution in [3.63, 3.8) is 0 Å². The molecule has 3 rings (SSSR count). The van der Waals surface area contributed by atoms with Crippen LogP contribution in [-0.2, 0) is 19.6 Å². The van der Waals surface area contributed by atoms with E-state index in [4.69, 9.17) is 0 Å². The molecule has 1 saturated heterocycles. The van der Waals surface area contributed by atoms with E-state index in [9.17, 15) is 33.2 Å². The molecule has 10 nitrogen and oxygen atoms in total. The number of sulfonamides is 1. The number of nitro groups is 1. The van der Waals surface area contributed by atoms with E-state index in [1.807, 2.05) is 0 Å². The van der Waals surface area contributed by atoms with E-state index in [1.165, 1.54) is 0 Å². The number of carbonyl (C=O) groups excluding carboxylic acids is 1. The summed E-state index contributed by atoms with van der Waals surface area (Å²) in [5.74, 6) is -2.35. The average Bonchev–Trinajstić information content (AvgIpc) is 3.19. The zero-order valence-corrected chi connectivity index (χ0v) is 15.3. The van der Waals surface area contributed by atoms with E-state index in [0.717, 1.165) is 36.0 Å². The lowest BCUT2D eigenvalue weighted by Gasteiger charge is -2.23. The van der Waals surface area contributed by atoms with E-state index < -0.39 is 48.4 Å². The van der Waals surface area contributed by atoms with Crippen molar-refractivity contribution in [2.75, 3.05) is 20.2 Å². The second-order valence-corrected chi connectivity index (χ2v) is 8.68. The molecule has 1 aromatic carbocycles. The Labute approximate surface area is 154 Å². The summed E-state index contributed by atoms with van der Waals surface area (Å²) in [5.41, 5.74) is -2.03. The summed E-state index contributed by atoms with van der Waals surface area (Å²) in [7, 11) is -3.20. The summed E-state index contributed by atoms with van der Waals surface area (Å²) in [5, 5.41) is 20.6. The molecule has 1 heterocycles. The van der Waals surface area contributed by atoms with Crippen LogP contribution in [0.1, 0.15) is 29.6 Å². The second kappa shape index (κ2) is 6.57. The van der Waals surface area contributed by atoms with Gasteiger partial charge in [0.25, 0.3) is 5.69 Å². The molecular formula is C16H18N2O8S. The van der Waals surface area contributed by atoms with E-state index >= 15 is 0 Å². The number of rotatable bonds is 5. The molecule has 1 aromatic rings. The molecule has 0 unspecified atom stereocenters. The molecule has 0 bridgehead atoms. The van der Waals surface area contributed by atoms with Crippen LogP contribution in [0.2, 0.25) is 0 Å². The number of benzene rings is 1. The van der Waals surface area contributed by atoms with E-state index in [1.54, 1.807) is 0 Å². The number of hydrogen-bond acceptors (Lipinski definition) is 7. The summed E-state index contributed by atoms with van der Waals surface area (Å²) in [6, 6.07) is 2.83. The molecule has 1 saturated carbocycles. The third-order valence-corrected chi connectivity index (χ3v) is 7.33. The number of nitro benzene ring substituents is 1. The number of carboxylic acid groups (broad SMARTS) is 1. The Balaban J connectivity index is 2.04. The lowest BCUT2D eigenvalue weighted by molar-refractivity contribution is -0.384. The Bertz CT molecular complexity index is 928. The fourth-order valence-corrected chi connectivity index (χ4v) is 5.76. The van der Waals surface area contributed by atoms with Crippen molar-refractivity contribution in [3.8, 4) is 0 Å². The highest BCUT2D eigenvalue weighted by Crippen LogP contribution is 2.50. The summed E-state index contributed by atoms with van der Waals surface area (Å²) in [4.78, 5) is 33.6. The SMILES string of the molecule is COC(=O)c1cc([N+](=O)[O-])ccc1S(=O)(=O)N1C[C@@H]2CCC[C@@]2(C(=O)O)C1. The molecular weight excluding hydrogens is 380 g/mol. The van der Waals surface area contributed by atoms with Crippen molar-refractivity contribution < 1.29 is 32.8 Å². The first-order valence-electron chi connectivity index (χ1n) is 8.24. The minimum Gasteiger partial charge on any atom is -0.481 e. The summed E-state index contributed by atoms with van der Waals surface area (Å²) in [6.07, 6.45) is 1.72. The van der Waals surface area contributed by atoms with Crippen molar-refractivity contribution in [1.29, 1.82) is 0 Å². The van der Waals surface area contributed by atoms with Gasteiger partial charge in [-0.1, -0.05) is 6.42 Å². The van der Waals surface area contributed by atoms with Gasteiger partial charge in [-0.25, -0.2) is 13.2 Å². The predicted molar refractivity (Wildman–Crippen MR) is 90.6 cm³/mol. The van der Waals surface area contributed by atoms with Crippen LogP contribution >= 0.6 is 0 Å². The van der Waals surface area contributed by atoms with Crippen LogP contribution in [0.5, 0.6) is 0 Å². The molecule has 0 radical (unpaired) electrons. The van der Waals surface area contributed by atoms with Gasteiger partial charge < -0.3 is 9.84 Å². The normalized spacial score (nSPS) is 25.1. The van der Waals surface area contributed by atoms with Crippen molar-refractivity contribution in [2.45, 2.75) is 24.2 Å². The Morgan fingerprint density at radius 1 is 1.41 bits per heavy atom. The van der Waals surface area contributed by atoms with Crippen LogP contribution in [0.15, 0.2) is 23.1 Å². The van der Waals surface area contributed by atoms with Crippen LogP contribution in [0.25, 0.3) is 0 Å². The van der Waals surface area contributed by atoms with Gasteiger partial charge in [0.05, 0.1) is 27.9 Å². The van der Waals surface area contributed by atoms with Gasteiger partial charge in [-0.2, -0.15) is 4.31 Å². The highest BCUT2D eigenvalue weighted by Gasteiger charge is 2.57. The van der Waals surface area contributed by atoms with Crippen LogP contribution in [0.4, 0.5) is 5.69 Å². The van der Waals surface area contributed by atoms with Crippen LogP contribution in [0, 0.1) is 21.4 Å². The summed E-state index contributed by atoms with van der Waals surface area (Å²) in [6.45, 7) is -0.154. The highest BCUT2D eigenvalue weighted by molar-refractivity contribution is 7.89. The minimum atomic E-state index is -4.23. The number of nitrogens with zero attached hydrogens (tertiary/aromatic N) is 2. The van der Waals surface area contributed by atoms with Crippen molar-refractivity contribution in [3.05, 3.63) is 33.9 Å². The van der Waals surface area contributed by atoms with Gasteiger partial charge in [-0.15, -0.1) is 0 Å². The first kappa shape index (κ1) is 19.2. The second-order valence-electron chi connectivity index (χ2n) is 6.78. The van der Waals surface area contributed by atoms with Gasteiger partial charge in [0, 0.05) is 25.2 Å². The van der Waals surface area contributed by atoms with Gasteiger partial charge >= 0.3 is 11.9 Å². The van der Waals surface area contributed by atoms with Gasteiger partial charge in [0.2, 0.25) is 10.0 Å². The monoisotopic (exact) mass is 398 g/mol. The third-order valence-electron chi connectivity index (χ3n) is 5.46. The Hall–Kier alpha value is -2.53. The van der Waals surface area contributed by atoms with E-state index in [2.05, 4.69) is 4.74 Å². The lowest BCUT2D eigenvalue weighted by Crippen LogP contribution is -2.37. The molecule has 11 heteroatoms. The smallest absolute Gasteiger partial charge is 0.339 e. The maximum atomic E-state index is 13.1. The summed E-state index contributed by atoms with van der Waals surface area (Å²) >= 11 is 0. The van der Waals surface area contributed by atoms with Crippen molar-refractivity contribution >= 4 is 27.6 Å². The molecule has 2 fully saturated rings. The van der Waals surface area contributed by atoms with Gasteiger partial charge in [0.1, 0.15) is 0 Å². The molecule has 1 aliphatic carbocycles. The molecule has 1 aliphatic heterocycles. The number of ether oxygens (including phenoxy) is 1. The fraction of sp³-hybridized carbons (Fsp3) is 0.500. The topological polar surface area (TPSA) is 144 Å². The number of non-ortho nitro benzene ring substituents is 1. The molecule has 0 amide bonds. The van der Waals surface area contributed by atoms with Gasteiger partial charge in [0.15, 0.2) is 0 Å². The molecule has 0 spiro atoms. The van der Waals surface area contributed by atoms with Crippen molar-refractivity contribution in [2.24, 2.45) is 11.3 Å². The van der Waals surface area contributed by atoms with Crippen LogP contribution < -0.4 is 0 Å². The fourth-order valence-electron chi connectivity index (χ4n) is 4.04. The predicted octanol–water partition coefficient (Wildman–Crippen LogP) is 1.26. The maximum Gasteiger partial charge on any atom is 0.339 e. The third kappa shape index (κ3) is 2.96. The van der Waals surface area contributed by atoms with Gasteiger partial charge in [-0.05, 0) is 24.8 Å². The molecule has 27 heavy (non-hydrogen) atoms. The lowest BCUT2D eigenvalue weighted by atomic mass is 9.81. The van der Waals surface area contributed by atoms with E-state index in [-0.39, 0.29) is 19.0 Å². The minimum absolute atomic E-state index is 0.0340. The molecule has 0 aromatic heterocycles. The first-order valence-corrected chi connectivity index (χ1v) is 9.68. The van der Waals surface area contributed by atoms with E-state index in [0.29, 0.717) is 12.8 Å². The number of carboxylic acids is 1. The Morgan fingerprint density at radius 3 is 2.67 bits per heavy atom. The quantitative estimate of drug-likeness (QED) is 0.443. The molecule has 1 N–H and O–H groups in total. The number of carbonyl (C=O) groups is 2. The number of methoxy groups -OCH3 is 1. The zero-order chi connectivity index (χ0) is 20.0. The average molecular weight is 398 g/mol. The highest BCUT2D eigenvalue weighted by atomic mass is 32.2. The largest absolute Gasteiger partial charge is 0.481 e. The standard InChI is InChI=1S/C16H18N2O8S/c1-26-14(19)12-7-11(18(22)23)4-5-13(12)27(24,25)17-8-10-3-2-6-16(10,9-17)15(20)21/h4-5,7,10H,2-3,6,8-9H2,1H3,(H,20,21)/t10-,16+/m0/s1.